The van der Waals surface area contributed by atoms with Gasteiger partial charge in [-0.1, -0.05) is 0 Å². The highest BCUT2D eigenvalue weighted by Crippen LogP contribution is 2.09. The van der Waals surface area contributed by atoms with E-state index >= 15 is 0 Å². The van der Waals surface area contributed by atoms with E-state index in [1.165, 1.54) is 12.3 Å². The third-order valence-electron chi connectivity index (χ3n) is 4.59. The van der Waals surface area contributed by atoms with Crippen LogP contribution in [0.3, 0.4) is 0 Å². The Labute approximate surface area is 178 Å². The molecule has 2 aliphatic rings. The molecule has 2 heterocycles. The number of nitrogens with zero attached hydrogens (tertiary/aromatic N) is 6. The summed E-state index contributed by atoms with van der Waals surface area (Å²) in [4.78, 5) is 18.7. The molecular formula is C23H18N7O+3. The van der Waals surface area contributed by atoms with Crippen molar-refractivity contribution in [2.45, 2.75) is 6.92 Å². The number of anilines is 1. The average molecular weight is 408 g/mol. The Bertz CT molecular complexity index is 1500. The molecule has 0 bridgehead atoms. The van der Waals surface area contributed by atoms with E-state index in [0.29, 0.717) is 28.4 Å². The van der Waals surface area contributed by atoms with E-state index in [0.717, 1.165) is 16.4 Å². The van der Waals surface area contributed by atoms with Crippen molar-refractivity contribution >= 4 is 35.8 Å². The molecular weight excluding hydrogens is 390 g/mol. The van der Waals surface area contributed by atoms with Gasteiger partial charge in [0.05, 0.1) is 24.6 Å². The topological polar surface area (TPSA) is 99.7 Å². The maximum atomic E-state index is 12.6. The second kappa shape index (κ2) is 7.94. The minimum absolute atomic E-state index is 0.315. The van der Waals surface area contributed by atoms with Gasteiger partial charge in [-0.15, -0.1) is 0 Å². The first-order valence-electron chi connectivity index (χ1n) is 9.42. The summed E-state index contributed by atoms with van der Waals surface area (Å²) >= 11 is 0. The molecule has 0 fully saturated rings. The van der Waals surface area contributed by atoms with Gasteiger partial charge in [-0.25, -0.2) is 4.67 Å². The smallest absolute Gasteiger partial charge is 0.377 e. The van der Waals surface area contributed by atoms with Crippen molar-refractivity contribution in [3.8, 4) is 18.0 Å². The van der Waals surface area contributed by atoms with Gasteiger partial charge in [0.2, 0.25) is 6.04 Å². The van der Waals surface area contributed by atoms with E-state index < -0.39 is 0 Å². The van der Waals surface area contributed by atoms with Crippen LogP contribution in [0.25, 0.3) is 0 Å². The maximum absolute atomic E-state index is 12.6. The Morgan fingerprint density at radius 3 is 2.68 bits per heavy atom. The molecule has 0 spiro atoms. The number of benzene rings is 2. The maximum Gasteiger partial charge on any atom is 0.537 e. The Balaban J connectivity index is 1.65. The Morgan fingerprint density at radius 1 is 1.16 bits per heavy atom. The third-order valence-corrected chi connectivity index (χ3v) is 4.59. The standard InChI is InChI=1S/C23H17N7O/c1-15-25-13-22(27-15)28-23(31)18-9-16(8-17(10-18)12-24)6-7-30-14-26-20-11-19(29(2)3)4-5-21(20)30/h4-5,8-11,13-14H,1-3H3/q+2/p+1. The van der Waals surface area contributed by atoms with Gasteiger partial charge in [0, 0.05) is 42.9 Å². The number of nitrogens with one attached hydrogen (secondary N) is 1. The first-order valence-corrected chi connectivity index (χ1v) is 9.42. The Kier molecular flexibility index (Phi) is 5.02. The van der Waals surface area contributed by atoms with E-state index in [1.807, 2.05) is 37.2 Å². The van der Waals surface area contributed by atoms with Crippen LogP contribution >= 0.6 is 0 Å². The third kappa shape index (κ3) is 4.17. The lowest BCUT2D eigenvalue weighted by atomic mass is 10.1. The summed E-state index contributed by atoms with van der Waals surface area (Å²) in [6.07, 6.45) is 3.13. The summed E-state index contributed by atoms with van der Waals surface area (Å²) < 4.78 is 10.1. The molecule has 31 heavy (non-hydrogen) atoms. The molecule has 148 valence electrons. The normalized spacial score (nSPS) is 12.8. The van der Waals surface area contributed by atoms with Crippen LogP contribution in [0.5, 0.6) is 0 Å². The van der Waals surface area contributed by atoms with E-state index in [-0.39, 0.29) is 5.91 Å². The number of amidine groups is 2. The molecule has 1 N–H and O–H groups in total. The summed E-state index contributed by atoms with van der Waals surface area (Å²) in [6, 6.07) is 15.8. The highest BCUT2D eigenvalue weighted by Gasteiger charge is 2.21. The molecule has 8 nitrogen and oxygen atoms in total. The van der Waals surface area contributed by atoms with Crippen molar-refractivity contribution in [3.63, 3.8) is 0 Å². The van der Waals surface area contributed by atoms with Crippen molar-refractivity contribution in [3.05, 3.63) is 63.8 Å². The van der Waals surface area contributed by atoms with Crippen LogP contribution in [0.15, 0.2) is 41.4 Å². The SMILES string of the molecule is CC1=[N+]=CC(NC(=O)c2cc(C#N)cc(C#C[N+]3=c4ccc(N(C)C)cc4=[N+]=C3)c2)=N1. The number of nitriles is 1. The van der Waals surface area contributed by atoms with Gasteiger partial charge in [-0.3, -0.25) is 10.1 Å². The number of amides is 1. The van der Waals surface area contributed by atoms with Crippen molar-refractivity contribution in [2.75, 3.05) is 19.0 Å². The molecule has 2 aliphatic heterocycles. The van der Waals surface area contributed by atoms with Crippen molar-refractivity contribution in [1.82, 2.24) is 19.2 Å². The van der Waals surface area contributed by atoms with Crippen molar-refractivity contribution < 1.29 is 4.79 Å². The van der Waals surface area contributed by atoms with Gasteiger partial charge in [0.15, 0.2) is 0 Å². The molecule has 0 atom stereocenters. The van der Waals surface area contributed by atoms with Crippen molar-refractivity contribution in [2.24, 2.45) is 4.99 Å². The monoisotopic (exact) mass is 408 g/mol. The van der Waals surface area contributed by atoms with Crippen molar-refractivity contribution in [1.29, 1.82) is 5.26 Å². The lowest BCUT2D eigenvalue weighted by Gasteiger charge is -2.08. The highest BCUT2D eigenvalue weighted by molar-refractivity contribution is 6.37. The largest absolute Gasteiger partial charge is 0.537 e. The molecule has 0 aromatic heterocycles. The van der Waals surface area contributed by atoms with Gasteiger partial charge in [-0.05, 0) is 38.5 Å². The van der Waals surface area contributed by atoms with Gasteiger partial charge < -0.3 is 4.90 Å². The number of fused-ring (bicyclic) bond motifs is 1. The van der Waals surface area contributed by atoms with E-state index in [2.05, 4.69) is 37.7 Å². The average Bonchev–Trinajstić information content (AvgIpc) is 3.36. The van der Waals surface area contributed by atoms with E-state index in [9.17, 15) is 10.1 Å². The van der Waals surface area contributed by atoms with Crippen LogP contribution in [0.1, 0.15) is 28.4 Å². The fourth-order valence-electron chi connectivity index (χ4n) is 3.02. The molecule has 0 saturated carbocycles. The Hall–Kier alpha value is -4.74. The lowest BCUT2D eigenvalue weighted by molar-refractivity contribution is 0.0977. The number of hydrogen-bond acceptors (Lipinski definition) is 4. The predicted molar refractivity (Wildman–Crippen MR) is 120 cm³/mol. The molecule has 0 radical (unpaired) electrons. The predicted octanol–water partition coefficient (Wildman–Crippen LogP) is -1.45. The van der Waals surface area contributed by atoms with Gasteiger partial charge in [-0.2, -0.15) is 5.26 Å². The number of aliphatic imine (C=N–C) groups is 1. The molecule has 2 aromatic rings. The first-order chi connectivity index (χ1) is 14.9. The van der Waals surface area contributed by atoms with Gasteiger partial charge >= 0.3 is 28.7 Å². The number of carbonyl (C=O) groups excluding carboxylic acids is 1. The highest BCUT2D eigenvalue weighted by atomic mass is 16.1. The molecule has 0 saturated heterocycles. The summed E-state index contributed by atoms with van der Waals surface area (Å²) in [5, 5.41) is 13.7. The Morgan fingerprint density at radius 2 is 1.97 bits per heavy atom. The second-order valence-corrected chi connectivity index (χ2v) is 7.09. The summed E-state index contributed by atoms with van der Waals surface area (Å²) in [5.41, 5.74) is 2.25. The summed E-state index contributed by atoms with van der Waals surface area (Å²) in [6.45, 7) is 1.74. The van der Waals surface area contributed by atoms with Crippen LogP contribution in [0.4, 0.5) is 5.69 Å². The van der Waals surface area contributed by atoms with Gasteiger partial charge in [0.25, 0.3) is 12.1 Å². The minimum atomic E-state index is -0.385. The molecule has 2 aromatic carbocycles. The quantitative estimate of drug-likeness (QED) is 0.374. The van der Waals surface area contributed by atoms with E-state index in [1.54, 1.807) is 30.0 Å². The summed E-state index contributed by atoms with van der Waals surface area (Å²) in [7, 11) is 3.94. The first kappa shape index (κ1) is 19.6. The molecule has 8 heteroatoms. The fraction of sp³-hybridized carbons (Fsp3) is 0.130. The molecule has 1 amide bonds. The zero-order chi connectivity index (χ0) is 22.0. The van der Waals surface area contributed by atoms with Crippen LogP contribution < -0.4 is 34.8 Å². The van der Waals surface area contributed by atoms with Gasteiger partial charge in [0.1, 0.15) is 0 Å². The number of carbonyl (C=O) groups is 1. The zero-order valence-electron chi connectivity index (χ0n) is 17.2. The number of hydrogen-bond donors (Lipinski definition) is 1. The molecule has 0 aliphatic carbocycles. The van der Waals surface area contributed by atoms with Crippen LogP contribution in [-0.4, -0.2) is 44.2 Å². The fourth-order valence-corrected chi connectivity index (χ4v) is 3.02. The summed E-state index contributed by atoms with van der Waals surface area (Å²) in [5.74, 6) is 3.56. The van der Waals surface area contributed by atoms with E-state index in [4.69, 9.17) is 0 Å². The second-order valence-electron chi connectivity index (χ2n) is 7.09. The lowest BCUT2D eigenvalue weighted by Crippen LogP contribution is -2.33. The zero-order valence-corrected chi connectivity index (χ0v) is 17.2. The molecule has 4 rings (SSSR count). The minimum Gasteiger partial charge on any atom is -0.377 e. The van der Waals surface area contributed by atoms with Crippen LogP contribution in [0.2, 0.25) is 0 Å². The molecule has 0 unspecified atom stereocenters. The van der Waals surface area contributed by atoms with Crippen LogP contribution in [0, 0.1) is 23.3 Å². The number of rotatable bonds is 2. The van der Waals surface area contributed by atoms with Crippen LogP contribution in [-0.2, 0) is 0 Å².